The van der Waals surface area contributed by atoms with Gasteiger partial charge < -0.3 is 20.6 Å². The monoisotopic (exact) mass is 299 g/mol. The van der Waals surface area contributed by atoms with Crippen LogP contribution in [-0.2, 0) is 4.79 Å². The maximum Gasteiger partial charge on any atom is 0.315 e. The van der Waals surface area contributed by atoms with Gasteiger partial charge in [0.25, 0.3) is 0 Å². The highest BCUT2D eigenvalue weighted by molar-refractivity contribution is 5.74. The Morgan fingerprint density at radius 1 is 1.33 bits per heavy atom. The summed E-state index contributed by atoms with van der Waals surface area (Å²) in [6.07, 6.45) is 2.56. The zero-order valence-corrected chi connectivity index (χ0v) is 13.4. The third-order valence-electron chi connectivity index (χ3n) is 4.00. The minimum absolute atomic E-state index is 0.0000839. The van der Waals surface area contributed by atoms with E-state index in [0.29, 0.717) is 31.3 Å². The summed E-state index contributed by atoms with van der Waals surface area (Å²) < 4.78 is 0. The largest absolute Gasteiger partial charge is 0.481 e. The van der Waals surface area contributed by atoms with Crippen molar-refractivity contribution in [1.29, 1.82) is 0 Å². The second-order valence-electron chi connectivity index (χ2n) is 6.28. The fraction of sp³-hybridized carbons (Fsp3) is 0.867. The van der Waals surface area contributed by atoms with Gasteiger partial charge in [0.05, 0.1) is 0 Å². The Labute approximate surface area is 127 Å². The van der Waals surface area contributed by atoms with Crippen LogP contribution in [0.4, 0.5) is 4.79 Å². The number of urea groups is 1. The molecule has 1 aliphatic heterocycles. The molecule has 1 fully saturated rings. The Kier molecular flexibility index (Phi) is 7.50. The second kappa shape index (κ2) is 8.87. The molecule has 0 aromatic rings. The lowest BCUT2D eigenvalue weighted by molar-refractivity contribution is -0.137. The van der Waals surface area contributed by atoms with E-state index in [0.717, 1.165) is 19.5 Å². The average molecular weight is 299 g/mol. The number of nitrogens with zero attached hydrogens (tertiary/aromatic N) is 1. The lowest BCUT2D eigenvalue weighted by atomic mass is 10.1. The zero-order valence-electron chi connectivity index (χ0n) is 13.4. The van der Waals surface area contributed by atoms with Gasteiger partial charge in [-0.05, 0) is 52.5 Å². The van der Waals surface area contributed by atoms with E-state index in [-0.39, 0.29) is 18.5 Å². The molecule has 0 radical (unpaired) electrons. The normalized spacial score (nSPS) is 20.5. The zero-order chi connectivity index (χ0) is 15.8. The van der Waals surface area contributed by atoms with Crippen molar-refractivity contribution in [3.05, 3.63) is 0 Å². The molecule has 0 bridgehead atoms. The van der Waals surface area contributed by atoms with Crippen LogP contribution in [0.5, 0.6) is 0 Å². The molecular formula is C15H29N3O3. The van der Waals surface area contributed by atoms with Crippen LogP contribution in [0.2, 0.25) is 0 Å². The highest BCUT2D eigenvalue weighted by Crippen LogP contribution is 2.17. The number of amides is 2. The first-order chi connectivity index (χ1) is 9.88. The standard InChI is InChI=1S/C15H29N3O3/c1-11(2)18-8-7-13(10-18)9-16-15(21)17-12(3)5-4-6-14(19)20/h11-13H,4-10H2,1-3H3,(H,19,20)(H2,16,17,21). The molecule has 0 saturated carbocycles. The maximum atomic E-state index is 11.8. The molecule has 3 N–H and O–H groups in total. The summed E-state index contributed by atoms with van der Waals surface area (Å²) in [5.41, 5.74) is 0. The number of likely N-dealkylation sites (tertiary alicyclic amines) is 1. The van der Waals surface area contributed by atoms with Crippen LogP contribution in [0.25, 0.3) is 0 Å². The van der Waals surface area contributed by atoms with Gasteiger partial charge in [-0.2, -0.15) is 0 Å². The van der Waals surface area contributed by atoms with Gasteiger partial charge in [0, 0.05) is 31.6 Å². The molecule has 0 aliphatic carbocycles. The van der Waals surface area contributed by atoms with Gasteiger partial charge in [0.1, 0.15) is 0 Å². The highest BCUT2D eigenvalue weighted by atomic mass is 16.4. The molecule has 2 atom stereocenters. The molecule has 6 heteroatoms. The molecule has 21 heavy (non-hydrogen) atoms. The molecule has 0 aromatic carbocycles. The van der Waals surface area contributed by atoms with Gasteiger partial charge in [-0.15, -0.1) is 0 Å². The van der Waals surface area contributed by atoms with Crippen LogP contribution < -0.4 is 10.6 Å². The Morgan fingerprint density at radius 3 is 2.62 bits per heavy atom. The number of carboxylic acid groups (broad SMARTS) is 1. The van der Waals surface area contributed by atoms with Gasteiger partial charge in [-0.25, -0.2) is 4.79 Å². The van der Waals surface area contributed by atoms with E-state index in [1.165, 1.54) is 0 Å². The fourth-order valence-electron chi connectivity index (χ4n) is 2.64. The number of aliphatic carboxylic acids is 1. The van der Waals surface area contributed by atoms with E-state index in [9.17, 15) is 9.59 Å². The number of carbonyl (C=O) groups excluding carboxylic acids is 1. The third kappa shape index (κ3) is 7.32. The van der Waals surface area contributed by atoms with Crippen LogP contribution in [0.3, 0.4) is 0 Å². The first-order valence-electron chi connectivity index (χ1n) is 7.88. The second-order valence-corrected chi connectivity index (χ2v) is 6.28. The lowest BCUT2D eigenvalue weighted by Gasteiger charge is -2.20. The minimum Gasteiger partial charge on any atom is -0.481 e. The molecule has 1 saturated heterocycles. The van der Waals surface area contributed by atoms with Crippen LogP contribution in [-0.4, -0.2) is 53.7 Å². The number of rotatable bonds is 8. The smallest absolute Gasteiger partial charge is 0.315 e. The summed E-state index contributed by atoms with van der Waals surface area (Å²) in [5.74, 6) is -0.261. The van der Waals surface area contributed by atoms with Crippen LogP contribution in [0, 0.1) is 5.92 Å². The minimum atomic E-state index is -0.789. The number of hydrogen-bond donors (Lipinski definition) is 3. The molecule has 2 unspecified atom stereocenters. The first kappa shape index (κ1) is 17.8. The van der Waals surface area contributed by atoms with E-state index in [1.54, 1.807) is 0 Å². The topological polar surface area (TPSA) is 81.7 Å². The Morgan fingerprint density at radius 2 is 2.05 bits per heavy atom. The molecule has 0 aromatic heterocycles. The number of carboxylic acids is 1. The Bertz CT molecular complexity index is 347. The lowest BCUT2D eigenvalue weighted by Crippen LogP contribution is -2.43. The number of carbonyl (C=O) groups is 2. The van der Waals surface area contributed by atoms with Gasteiger partial charge in [0.15, 0.2) is 0 Å². The molecule has 6 nitrogen and oxygen atoms in total. The molecule has 2 amide bonds. The van der Waals surface area contributed by atoms with Crippen molar-refractivity contribution < 1.29 is 14.7 Å². The van der Waals surface area contributed by atoms with Gasteiger partial charge in [0.2, 0.25) is 0 Å². The van der Waals surface area contributed by atoms with E-state index < -0.39 is 5.97 Å². The number of nitrogens with one attached hydrogen (secondary N) is 2. The molecule has 122 valence electrons. The number of hydrogen-bond acceptors (Lipinski definition) is 3. The first-order valence-corrected chi connectivity index (χ1v) is 7.88. The van der Waals surface area contributed by atoms with E-state index in [1.807, 2.05) is 6.92 Å². The Balaban J connectivity index is 2.12. The fourth-order valence-corrected chi connectivity index (χ4v) is 2.64. The van der Waals surface area contributed by atoms with Crippen LogP contribution >= 0.6 is 0 Å². The molecule has 1 heterocycles. The van der Waals surface area contributed by atoms with Crippen molar-refractivity contribution in [2.75, 3.05) is 19.6 Å². The summed E-state index contributed by atoms with van der Waals surface area (Å²) in [4.78, 5) is 24.6. The van der Waals surface area contributed by atoms with Crippen LogP contribution in [0.1, 0.15) is 46.5 Å². The molecule has 0 spiro atoms. The third-order valence-corrected chi connectivity index (χ3v) is 4.00. The van der Waals surface area contributed by atoms with Crippen molar-refractivity contribution in [2.24, 2.45) is 5.92 Å². The van der Waals surface area contributed by atoms with Crippen LogP contribution in [0.15, 0.2) is 0 Å². The molecule has 1 aliphatic rings. The molecule has 1 rings (SSSR count). The predicted octanol–water partition coefficient (Wildman–Crippen LogP) is 1.66. The summed E-state index contributed by atoms with van der Waals surface area (Å²) in [7, 11) is 0. The SMILES string of the molecule is CC(CCCC(=O)O)NC(=O)NCC1CCN(C(C)C)C1. The van der Waals surface area contributed by atoms with Crippen molar-refractivity contribution in [3.8, 4) is 0 Å². The van der Waals surface area contributed by atoms with Gasteiger partial charge >= 0.3 is 12.0 Å². The van der Waals surface area contributed by atoms with E-state index >= 15 is 0 Å². The van der Waals surface area contributed by atoms with Crippen molar-refractivity contribution in [2.45, 2.75) is 58.5 Å². The highest BCUT2D eigenvalue weighted by Gasteiger charge is 2.24. The van der Waals surface area contributed by atoms with Gasteiger partial charge in [-0.3, -0.25) is 4.79 Å². The van der Waals surface area contributed by atoms with E-state index in [4.69, 9.17) is 5.11 Å². The average Bonchev–Trinajstić information content (AvgIpc) is 2.84. The predicted molar refractivity (Wildman–Crippen MR) is 82.3 cm³/mol. The summed E-state index contributed by atoms with van der Waals surface area (Å²) in [6.45, 7) is 9.15. The van der Waals surface area contributed by atoms with Crippen molar-refractivity contribution in [3.63, 3.8) is 0 Å². The summed E-state index contributed by atoms with van der Waals surface area (Å²) in [5, 5.41) is 14.3. The quantitative estimate of drug-likeness (QED) is 0.636. The maximum absolute atomic E-state index is 11.8. The Hall–Kier alpha value is -1.30. The van der Waals surface area contributed by atoms with Gasteiger partial charge in [-0.1, -0.05) is 0 Å². The van der Waals surface area contributed by atoms with Crippen molar-refractivity contribution in [1.82, 2.24) is 15.5 Å². The molecular weight excluding hydrogens is 270 g/mol. The summed E-state index contributed by atoms with van der Waals surface area (Å²) in [6, 6.07) is 0.416. The van der Waals surface area contributed by atoms with E-state index in [2.05, 4.69) is 29.4 Å². The van der Waals surface area contributed by atoms with Crippen molar-refractivity contribution >= 4 is 12.0 Å². The summed E-state index contributed by atoms with van der Waals surface area (Å²) >= 11 is 0.